The summed E-state index contributed by atoms with van der Waals surface area (Å²) in [5.74, 6) is 0.159. The van der Waals surface area contributed by atoms with Gasteiger partial charge in [0.05, 0.1) is 5.69 Å². The van der Waals surface area contributed by atoms with E-state index in [1.807, 2.05) is 56.6 Å². The molecule has 0 aliphatic carbocycles. The summed E-state index contributed by atoms with van der Waals surface area (Å²) in [6.45, 7) is 8.11. The molecule has 0 fully saturated rings. The van der Waals surface area contributed by atoms with Crippen molar-refractivity contribution >= 4 is 23.1 Å². The van der Waals surface area contributed by atoms with E-state index in [0.29, 0.717) is 29.2 Å². The number of hydrogen-bond acceptors (Lipinski definition) is 4. The highest BCUT2D eigenvalue weighted by Crippen LogP contribution is 2.18. The second-order valence-electron chi connectivity index (χ2n) is 9.26. The van der Waals surface area contributed by atoms with Crippen LogP contribution in [0.2, 0.25) is 0 Å². The van der Waals surface area contributed by atoms with E-state index >= 15 is 0 Å². The van der Waals surface area contributed by atoms with Gasteiger partial charge in [-0.25, -0.2) is 4.98 Å². The molecule has 174 valence electrons. The number of carbonyl (C=O) groups is 2. The van der Waals surface area contributed by atoms with Crippen LogP contribution in [-0.4, -0.2) is 26.7 Å². The van der Waals surface area contributed by atoms with Crippen LogP contribution in [-0.2, 0) is 6.61 Å². The molecule has 0 saturated heterocycles. The first kappa shape index (κ1) is 23.0. The zero-order valence-electron chi connectivity index (χ0n) is 19.8. The van der Waals surface area contributed by atoms with Gasteiger partial charge in [0.25, 0.3) is 11.8 Å². The first-order valence-corrected chi connectivity index (χ1v) is 11.1. The van der Waals surface area contributed by atoms with Gasteiger partial charge in [0.1, 0.15) is 18.0 Å². The van der Waals surface area contributed by atoms with Crippen LogP contribution in [0.4, 0.5) is 5.69 Å². The molecule has 2 amide bonds. The number of amides is 2. The van der Waals surface area contributed by atoms with Gasteiger partial charge < -0.3 is 19.8 Å². The van der Waals surface area contributed by atoms with Crippen molar-refractivity contribution in [1.29, 1.82) is 0 Å². The van der Waals surface area contributed by atoms with Gasteiger partial charge >= 0.3 is 0 Å². The number of fused-ring (bicyclic) bond motifs is 1. The summed E-state index contributed by atoms with van der Waals surface area (Å²) in [6.07, 6.45) is 3.95. The Balaban J connectivity index is 1.38. The minimum absolute atomic E-state index is 0.157. The predicted molar refractivity (Wildman–Crippen MR) is 132 cm³/mol. The number of aromatic nitrogens is 2. The van der Waals surface area contributed by atoms with Gasteiger partial charge in [0.15, 0.2) is 0 Å². The average Bonchev–Trinajstić information content (AvgIpc) is 3.19. The number of nitrogens with one attached hydrogen (secondary N) is 2. The van der Waals surface area contributed by atoms with Crippen molar-refractivity contribution in [1.82, 2.24) is 14.7 Å². The van der Waals surface area contributed by atoms with E-state index in [4.69, 9.17) is 4.74 Å². The third-order valence-corrected chi connectivity index (χ3v) is 5.03. The second kappa shape index (κ2) is 9.39. The number of ether oxygens (including phenoxy) is 1. The Bertz CT molecular complexity index is 1330. The first-order valence-electron chi connectivity index (χ1n) is 11.1. The molecule has 2 aromatic heterocycles. The number of imidazole rings is 1. The number of anilines is 1. The average molecular weight is 457 g/mol. The van der Waals surface area contributed by atoms with Gasteiger partial charge in [-0.1, -0.05) is 12.1 Å². The SMILES string of the molecule is Cc1ccc2nc(COc3cccc(C(=O)Nc4ccc(C(=O)NC(C)(C)C)cc4)c3)cn2c1. The van der Waals surface area contributed by atoms with Gasteiger partial charge in [-0.3, -0.25) is 9.59 Å². The fraction of sp³-hybridized carbons (Fsp3) is 0.222. The summed E-state index contributed by atoms with van der Waals surface area (Å²) in [4.78, 5) is 29.6. The molecule has 0 saturated carbocycles. The van der Waals surface area contributed by atoms with Gasteiger partial charge in [0, 0.05) is 34.7 Å². The third kappa shape index (κ3) is 5.81. The molecule has 0 aliphatic heterocycles. The van der Waals surface area contributed by atoms with Gasteiger partial charge in [-0.05, 0) is 81.8 Å². The highest BCUT2D eigenvalue weighted by Gasteiger charge is 2.15. The highest BCUT2D eigenvalue weighted by atomic mass is 16.5. The fourth-order valence-corrected chi connectivity index (χ4v) is 3.43. The molecule has 0 aliphatic rings. The number of nitrogens with zero attached hydrogens (tertiary/aromatic N) is 2. The molecule has 0 radical (unpaired) electrons. The van der Waals surface area contributed by atoms with E-state index in [2.05, 4.69) is 15.6 Å². The van der Waals surface area contributed by atoms with E-state index < -0.39 is 0 Å². The quantitative estimate of drug-likeness (QED) is 0.428. The molecule has 2 N–H and O–H groups in total. The molecule has 2 aromatic carbocycles. The maximum Gasteiger partial charge on any atom is 0.255 e. The van der Waals surface area contributed by atoms with Gasteiger partial charge in [0.2, 0.25) is 0 Å². The van der Waals surface area contributed by atoms with Crippen molar-refractivity contribution in [2.45, 2.75) is 39.8 Å². The first-order chi connectivity index (χ1) is 16.2. The number of benzene rings is 2. The maximum atomic E-state index is 12.7. The number of hydrogen-bond donors (Lipinski definition) is 2. The van der Waals surface area contributed by atoms with Gasteiger partial charge in [-0.15, -0.1) is 0 Å². The Morgan fingerprint density at radius 2 is 1.71 bits per heavy atom. The van der Waals surface area contributed by atoms with E-state index in [1.165, 1.54) is 0 Å². The number of pyridine rings is 1. The lowest BCUT2D eigenvalue weighted by molar-refractivity contribution is 0.0919. The molecule has 0 atom stereocenters. The summed E-state index contributed by atoms with van der Waals surface area (Å²) in [6, 6.07) is 17.8. The summed E-state index contributed by atoms with van der Waals surface area (Å²) >= 11 is 0. The zero-order chi connectivity index (χ0) is 24.3. The molecule has 0 spiro atoms. The smallest absolute Gasteiger partial charge is 0.255 e. The number of rotatable bonds is 6. The fourth-order valence-electron chi connectivity index (χ4n) is 3.43. The topological polar surface area (TPSA) is 84.7 Å². The Morgan fingerprint density at radius 3 is 2.44 bits per heavy atom. The summed E-state index contributed by atoms with van der Waals surface area (Å²) in [5, 5.41) is 5.77. The summed E-state index contributed by atoms with van der Waals surface area (Å²) in [7, 11) is 0. The van der Waals surface area contributed by atoms with Crippen LogP contribution in [0.5, 0.6) is 5.75 Å². The summed E-state index contributed by atoms with van der Waals surface area (Å²) < 4.78 is 7.84. The van der Waals surface area contributed by atoms with Crippen LogP contribution in [0.15, 0.2) is 73.1 Å². The highest BCUT2D eigenvalue weighted by molar-refractivity contribution is 6.04. The lowest BCUT2D eigenvalue weighted by Gasteiger charge is -2.20. The monoisotopic (exact) mass is 456 g/mol. The van der Waals surface area contributed by atoms with Crippen LogP contribution in [0.3, 0.4) is 0 Å². The number of carbonyl (C=O) groups excluding carboxylic acids is 2. The normalized spacial score (nSPS) is 11.3. The Labute approximate surface area is 198 Å². The molecule has 0 unspecified atom stereocenters. The van der Waals surface area contributed by atoms with Crippen LogP contribution in [0, 0.1) is 6.92 Å². The lowest BCUT2D eigenvalue weighted by Crippen LogP contribution is -2.40. The van der Waals surface area contributed by atoms with Crippen molar-refractivity contribution in [3.8, 4) is 5.75 Å². The minimum Gasteiger partial charge on any atom is -0.487 e. The lowest BCUT2D eigenvalue weighted by atomic mass is 10.1. The molecule has 4 aromatic rings. The Morgan fingerprint density at radius 1 is 0.941 bits per heavy atom. The zero-order valence-corrected chi connectivity index (χ0v) is 19.8. The molecular formula is C27H28N4O3. The van der Waals surface area contributed by atoms with Crippen LogP contribution < -0.4 is 15.4 Å². The van der Waals surface area contributed by atoms with Crippen LogP contribution in [0.1, 0.15) is 52.7 Å². The minimum atomic E-state index is -0.318. The molecule has 0 bridgehead atoms. The predicted octanol–water partition coefficient (Wildman–Crippen LogP) is 5.00. The van der Waals surface area contributed by atoms with Crippen molar-refractivity contribution in [3.63, 3.8) is 0 Å². The largest absolute Gasteiger partial charge is 0.487 e. The van der Waals surface area contributed by atoms with E-state index in [1.54, 1.807) is 48.5 Å². The van der Waals surface area contributed by atoms with Crippen molar-refractivity contribution < 1.29 is 14.3 Å². The van der Waals surface area contributed by atoms with E-state index in [-0.39, 0.29) is 17.4 Å². The van der Waals surface area contributed by atoms with Crippen molar-refractivity contribution in [2.75, 3.05) is 5.32 Å². The molecule has 34 heavy (non-hydrogen) atoms. The molecule has 4 rings (SSSR count). The van der Waals surface area contributed by atoms with E-state index in [0.717, 1.165) is 16.9 Å². The number of aryl methyl sites for hydroxylation is 1. The second-order valence-corrected chi connectivity index (χ2v) is 9.26. The van der Waals surface area contributed by atoms with E-state index in [9.17, 15) is 9.59 Å². The van der Waals surface area contributed by atoms with Crippen LogP contribution >= 0.6 is 0 Å². The van der Waals surface area contributed by atoms with Crippen molar-refractivity contribution in [2.24, 2.45) is 0 Å². The molecule has 7 nitrogen and oxygen atoms in total. The standard InChI is InChI=1S/C27H28N4O3/c1-18-8-13-24-28-22(16-31(24)15-18)17-34-23-7-5-6-20(14-23)25(32)29-21-11-9-19(10-12-21)26(33)30-27(2,3)4/h5-16H,17H2,1-4H3,(H,29,32)(H,30,33). The Hall–Kier alpha value is -4.13. The Kier molecular flexibility index (Phi) is 6.36. The molecule has 7 heteroatoms. The third-order valence-electron chi connectivity index (χ3n) is 5.03. The van der Waals surface area contributed by atoms with Crippen molar-refractivity contribution in [3.05, 3.63) is 95.4 Å². The summed E-state index contributed by atoms with van der Waals surface area (Å²) in [5.41, 5.74) is 4.10. The maximum absolute atomic E-state index is 12.7. The molecular weight excluding hydrogens is 428 g/mol. The van der Waals surface area contributed by atoms with Gasteiger partial charge in [-0.2, -0.15) is 0 Å². The van der Waals surface area contributed by atoms with Crippen LogP contribution in [0.25, 0.3) is 5.65 Å². The molecule has 2 heterocycles.